The molecule has 0 bridgehead atoms. The molecule has 0 spiro atoms. The summed E-state index contributed by atoms with van der Waals surface area (Å²) in [5, 5.41) is 8.57. The molecule has 0 aliphatic carbocycles. The first-order valence-corrected chi connectivity index (χ1v) is 2.38. The molecule has 0 aromatic rings. The molecule has 0 rings (SSSR count). The van der Waals surface area contributed by atoms with Crippen molar-refractivity contribution in [2.24, 2.45) is 11.5 Å². The number of carboxylic acids is 1. The van der Waals surface area contributed by atoms with Gasteiger partial charge in [0.15, 0.2) is 0 Å². The monoisotopic (exact) mass is 154 g/mol. The van der Waals surface area contributed by atoms with E-state index < -0.39 is 37.6 Å². The molecular formula is C6H14N2O2. The minimum Gasteiger partial charge on any atom is -0.480 e. The Morgan fingerprint density at radius 3 is 2.70 bits per heavy atom. The Kier molecular flexibility index (Phi) is 1.28. The number of rotatable bonds is 5. The highest BCUT2D eigenvalue weighted by Crippen LogP contribution is 1.96. The molecule has 4 heteroatoms. The van der Waals surface area contributed by atoms with Gasteiger partial charge in [0.25, 0.3) is 0 Å². The second-order valence-corrected chi connectivity index (χ2v) is 1.35. The van der Waals surface area contributed by atoms with Crippen molar-refractivity contribution in [1.29, 1.82) is 0 Å². The number of hydrogen-bond acceptors (Lipinski definition) is 3. The summed E-state index contributed by atoms with van der Waals surface area (Å²) in [5.74, 6) is -1.88. The van der Waals surface area contributed by atoms with E-state index in [9.17, 15) is 4.79 Å². The van der Waals surface area contributed by atoms with Gasteiger partial charge in [-0.05, 0) is 19.2 Å². The van der Waals surface area contributed by atoms with Crippen LogP contribution in [0.25, 0.3) is 0 Å². The minimum atomic E-state index is -3.56. The molecule has 0 unspecified atom stereocenters. The quantitative estimate of drug-likeness (QED) is 0.499. The molecule has 0 aromatic carbocycles. The van der Waals surface area contributed by atoms with E-state index in [0.29, 0.717) is 0 Å². The van der Waals surface area contributed by atoms with Crippen LogP contribution in [0, 0.1) is 0 Å². The van der Waals surface area contributed by atoms with Crippen LogP contribution in [0.3, 0.4) is 0 Å². The van der Waals surface area contributed by atoms with Gasteiger partial charge in [-0.3, -0.25) is 4.79 Å². The normalized spacial score (nSPS) is 30.6. The molecule has 4 nitrogen and oxygen atoms in total. The van der Waals surface area contributed by atoms with E-state index in [4.69, 9.17) is 27.5 Å². The van der Waals surface area contributed by atoms with Gasteiger partial charge in [-0.1, -0.05) is 6.37 Å². The van der Waals surface area contributed by atoms with Crippen molar-refractivity contribution in [3.05, 3.63) is 0 Å². The molecule has 0 saturated carbocycles. The maximum atomic E-state index is 10.6. The van der Waals surface area contributed by atoms with Gasteiger partial charge >= 0.3 is 5.97 Å². The van der Waals surface area contributed by atoms with E-state index in [1.165, 1.54) is 0 Å². The predicted molar refractivity (Wildman–Crippen MR) is 38.5 cm³/mol. The largest absolute Gasteiger partial charge is 0.480 e. The van der Waals surface area contributed by atoms with Crippen LogP contribution >= 0.6 is 0 Å². The minimum absolute atomic E-state index is 1.88. The number of carboxylic acid groups (broad SMARTS) is 1. The van der Waals surface area contributed by atoms with Crippen LogP contribution < -0.4 is 11.5 Å². The van der Waals surface area contributed by atoms with Crippen molar-refractivity contribution < 1.29 is 20.9 Å². The highest BCUT2D eigenvalue weighted by molar-refractivity contribution is 5.72. The number of nitrogens with two attached hydrogens (primary N) is 2. The van der Waals surface area contributed by atoms with Crippen LogP contribution in [0.4, 0.5) is 0 Å². The first-order valence-electron chi connectivity index (χ1n) is 6.38. The zero-order chi connectivity index (χ0) is 15.2. The van der Waals surface area contributed by atoms with Crippen molar-refractivity contribution in [3.63, 3.8) is 0 Å². The van der Waals surface area contributed by atoms with Gasteiger partial charge < -0.3 is 16.6 Å². The summed E-state index contributed by atoms with van der Waals surface area (Å²) in [6, 6.07) is -2.37. The molecule has 5 N–H and O–H groups in total. The van der Waals surface area contributed by atoms with Crippen LogP contribution in [0.1, 0.15) is 30.1 Å². The number of aliphatic carboxylic acids is 1. The molecule has 1 atom stereocenters. The summed E-state index contributed by atoms with van der Waals surface area (Å²) in [6.07, 6.45) is -10.4. The standard InChI is InChI=1S/C6H14N2O2/c7-4-2-1-3-5(8)6(9)10/h5H,1-4,7-8H2,(H,9,10)/t5-/m0/s1/i1D2,2D2,3D2,4D2. The maximum Gasteiger partial charge on any atom is 0.320 e. The van der Waals surface area contributed by atoms with Crippen LogP contribution in [0.5, 0.6) is 0 Å². The van der Waals surface area contributed by atoms with Crippen molar-refractivity contribution in [2.75, 3.05) is 6.50 Å². The van der Waals surface area contributed by atoms with E-state index in [2.05, 4.69) is 0 Å². The van der Waals surface area contributed by atoms with E-state index in [1.54, 1.807) is 0 Å². The Labute approximate surface area is 71.4 Å². The lowest BCUT2D eigenvalue weighted by molar-refractivity contribution is -0.138. The van der Waals surface area contributed by atoms with E-state index in [0.717, 1.165) is 0 Å². The van der Waals surface area contributed by atoms with E-state index >= 15 is 0 Å². The van der Waals surface area contributed by atoms with Crippen LogP contribution in [-0.2, 0) is 4.79 Å². The Balaban J connectivity index is 5.71. The first kappa shape index (κ1) is 2.46. The fourth-order valence-corrected chi connectivity index (χ4v) is 0.212. The van der Waals surface area contributed by atoms with Gasteiger partial charge in [-0.2, -0.15) is 0 Å². The lowest BCUT2D eigenvalue weighted by atomic mass is 10.1. The highest BCUT2D eigenvalue weighted by Gasteiger charge is 2.09. The molecule has 60 valence electrons. The summed E-state index contributed by atoms with van der Waals surface area (Å²) >= 11 is 0. The second kappa shape index (κ2) is 5.20. The summed E-state index contributed by atoms with van der Waals surface area (Å²) in [7, 11) is 0. The average molecular weight is 154 g/mol. The average Bonchev–Trinajstić information content (AvgIpc) is 2.13. The Morgan fingerprint density at radius 2 is 2.30 bits per heavy atom. The molecule has 0 radical (unpaired) electrons. The fourth-order valence-electron chi connectivity index (χ4n) is 0.212. The van der Waals surface area contributed by atoms with Crippen molar-refractivity contribution in [3.8, 4) is 0 Å². The summed E-state index contributed by atoms with van der Waals surface area (Å²) in [5.41, 5.74) is 9.81. The Morgan fingerprint density at radius 1 is 1.70 bits per heavy atom. The Hall–Kier alpha value is -0.610. The number of carbonyl (C=O) groups is 1. The maximum absolute atomic E-state index is 10.6. The molecule has 0 heterocycles. The second-order valence-electron chi connectivity index (χ2n) is 1.35. The highest BCUT2D eigenvalue weighted by atomic mass is 16.4. The third-order valence-electron chi connectivity index (χ3n) is 0.628. The third kappa shape index (κ3) is 4.29. The van der Waals surface area contributed by atoms with E-state index in [-0.39, 0.29) is 0 Å². The molecule has 10 heavy (non-hydrogen) atoms. The van der Waals surface area contributed by atoms with Gasteiger partial charge in [0.2, 0.25) is 0 Å². The van der Waals surface area contributed by atoms with Gasteiger partial charge in [0.1, 0.15) is 6.04 Å². The Bertz CT molecular complexity index is 339. The molecular weight excluding hydrogens is 132 g/mol. The van der Waals surface area contributed by atoms with Crippen LogP contribution in [-0.4, -0.2) is 23.6 Å². The SMILES string of the molecule is [2H]C([2H])(N)C([2H])([2H])C([2H])([2H])C([2H])([2H])[C@H](N)C(=O)O. The molecule has 0 aliphatic heterocycles. The third-order valence-corrected chi connectivity index (χ3v) is 0.628. The topological polar surface area (TPSA) is 89.3 Å². The van der Waals surface area contributed by atoms with Gasteiger partial charge in [0, 0.05) is 11.0 Å². The first-order chi connectivity index (χ1) is 7.60. The predicted octanol–water partition coefficient (Wildman–Crippen LogP) is -0.473. The molecule has 0 fully saturated rings. The van der Waals surface area contributed by atoms with Crippen molar-refractivity contribution in [1.82, 2.24) is 0 Å². The zero-order valence-electron chi connectivity index (χ0n) is 13.1. The summed E-state index contributed by atoms with van der Waals surface area (Å²) in [6.45, 7) is -3.22. The van der Waals surface area contributed by atoms with Gasteiger partial charge in [-0.25, -0.2) is 0 Å². The molecule has 0 aliphatic rings. The number of hydrogen-bond donors (Lipinski definition) is 3. The lowest BCUT2D eigenvalue weighted by Gasteiger charge is -2.03. The van der Waals surface area contributed by atoms with Crippen LogP contribution in [0.15, 0.2) is 0 Å². The zero-order valence-corrected chi connectivity index (χ0v) is 5.09. The molecule has 0 saturated heterocycles. The van der Waals surface area contributed by atoms with Gasteiger partial charge in [0.05, 0.1) is 0 Å². The van der Waals surface area contributed by atoms with Crippen LogP contribution in [0.2, 0.25) is 0 Å². The van der Waals surface area contributed by atoms with Gasteiger partial charge in [-0.15, -0.1) is 0 Å². The smallest absolute Gasteiger partial charge is 0.320 e. The lowest BCUT2D eigenvalue weighted by Crippen LogP contribution is -2.29. The molecule has 0 amide bonds. The summed E-state index contributed by atoms with van der Waals surface area (Å²) in [4.78, 5) is 10.6. The fraction of sp³-hybridized carbons (Fsp3) is 0.833. The van der Waals surface area contributed by atoms with Crippen molar-refractivity contribution in [2.45, 2.75) is 25.2 Å². The molecule has 0 aromatic heterocycles. The van der Waals surface area contributed by atoms with E-state index in [1.807, 2.05) is 0 Å². The van der Waals surface area contributed by atoms with Crippen molar-refractivity contribution >= 4 is 5.97 Å². The summed E-state index contributed by atoms with van der Waals surface area (Å²) < 4.78 is 57.9.